The van der Waals surface area contributed by atoms with Crippen LogP contribution in [-0.2, 0) is 23.0 Å². The Bertz CT molecular complexity index is 831. The maximum Gasteiger partial charge on any atom is 0.309 e. The summed E-state index contributed by atoms with van der Waals surface area (Å²) in [4.78, 5) is 15.7. The van der Waals surface area contributed by atoms with E-state index in [0.29, 0.717) is 4.57 Å². The van der Waals surface area contributed by atoms with Gasteiger partial charge in [-0.15, -0.1) is 0 Å². The fraction of sp³-hybridized carbons (Fsp3) is 0.636. The molecule has 0 amide bonds. The first kappa shape index (κ1) is 2.87. The molecule has 0 aromatic carbocycles. The number of nitrogens with zero attached hydrogens (tertiary/aromatic N) is 2. The highest BCUT2D eigenvalue weighted by Gasteiger charge is 2.35. The van der Waals surface area contributed by atoms with Gasteiger partial charge in [0.15, 0.2) is 0 Å². The number of rotatable bonds is 3. The van der Waals surface area contributed by atoms with Gasteiger partial charge in [-0.1, -0.05) is 6.85 Å². The summed E-state index contributed by atoms with van der Waals surface area (Å²) >= 11 is 0. The maximum atomic E-state index is 12.3. The van der Waals surface area contributed by atoms with E-state index in [-0.39, 0.29) is 0 Å². The first-order valence-corrected chi connectivity index (χ1v) is 3.95. The average Bonchev–Trinajstić information content (AvgIpc) is 2.83. The Morgan fingerprint density at radius 1 is 2.07 bits per heavy atom. The van der Waals surface area contributed by atoms with Crippen LogP contribution in [0, 0.1) is 11.8 Å². The lowest BCUT2D eigenvalue weighted by molar-refractivity contribution is -0.141. The quantitative estimate of drug-likeness (QED) is 0.719. The molecule has 2 atom stereocenters. The number of imidazole rings is 1. The van der Waals surface area contributed by atoms with E-state index in [0.717, 1.165) is 7.05 Å². The highest BCUT2D eigenvalue weighted by atomic mass is 16.5. The molecule has 0 aliphatic carbocycles. The minimum atomic E-state index is -3.92. The van der Waals surface area contributed by atoms with Crippen molar-refractivity contribution in [3.63, 3.8) is 0 Å². The molecule has 0 spiro atoms. The van der Waals surface area contributed by atoms with Crippen LogP contribution in [0.15, 0.2) is 12.5 Å². The van der Waals surface area contributed by atoms with Gasteiger partial charge in [0.05, 0.1) is 22.9 Å². The van der Waals surface area contributed by atoms with Crippen molar-refractivity contribution in [1.82, 2.24) is 9.55 Å². The van der Waals surface area contributed by atoms with E-state index >= 15 is 0 Å². The Hall–Kier alpha value is -1.32. The highest BCUT2D eigenvalue weighted by molar-refractivity contribution is 5.74. The van der Waals surface area contributed by atoms with Crippen LogP contribution < -0.4 is 0 Å². The Morgan fingerprint density at radius 3 is 3.60 bits per heavy atom. The van der Waals surface area contributed by atoms with Crippen LogP contribution in [0.5, 0.6) is 0 Å². The lowest BCUT2D eigenvalue weighted by Gasteiger charge is -2.12. The Balaban J connectivity index is 2.95. The van der Waals surface area contributed by atoms with Crippen molar-refractivity contribution < 1.29 is 27.4 Å². The zero-order valence-corrected chi connectivity index (χ0v) is 7.71. The van der Waals surface area contributed by atoms with E-state index in [1.807, 2.05) is 0 Å². The molecule has 4 heteroatoms. The lowest BCUT2D eigenvalue weighted by Crippen LogP contribution is -2.18. The summed E-state index contributed by atoms with van der Waals surface area (Å²) in [5.41, 5.74) is -0.910. The van der Waals surface area contributed by atoms with Crippen molar-refractivity contribution in [1.29, 1.82) is 0 Å². The summed E-state index contributed by atoms with van der Waals surface area (Å²) in [6, 6.07) is 0. The molecule has 1 aromatic rings. The number of cyclic esters (lactones) is 1. The zero-order chi connectivity index (χ0) is 22.3. The first-order valence-electron chi connectivity index (χ1n) is 10.5. The van der Waals surface area contributed by atoms with Gasteiger partial charge < -0.3 is 9.30 Å². The second kappa shape index (κ2) is 4.04. The molecule has 0 bridgehead atoms. The van der Waals surface area contributed by atoms with Gasteiger partial charge in [0.25, 0.3) is 0 Å². The second-order valence-electron chi connectivity index (χ2n) is 2.72. The molecule has 4 nitrogen and oxygen atoms in total. The standard InChI is InChI=1S/C11H16N2O2/c1-3-10-8(6-15-11(10)14)4-9-5-12-7-13(9)2/h5,7-8,10H,3-4,6H2,1-2H3/t8-,10-/m0/s1/i1D3,3D2,4D2,5D,6D2,7D,8D,10D. The predicted molar refractivity (Wildman–Crippen MR) is 55.1 cm³/mol. The summed E-state index contributed by atoms with van der Waals surface area (Å²) in [7, 11) is 1.06. The summed E-state index contributed by atoms with van der Waals surface area (Å²) in [6.07, 6.45) is -9.05. The second-order valence-corrected chi connectivity index (χ2v) is 2.72. The van der Waals surface area contributed by atoms with Crippen molar-refractivity contribution >= 4 is 5.97 Å². The number of aromatic nitrogens is 2. The minimum absolute atomic E-state index is 0.656. The third-order valence-electron chi connectivity index (χ3n) is 1.77. The van der Waals surface area contributed by atoms with Gasteiger partial charge in [-0.25, -0.2) is 4.98 Å². The third kappa shape index (κ3) is 1.89. The van der Waals surface area contributed by atoms with Crippen LogP contribution in [0.3, 0.4) is 0 Å². The molecule has 1 saturated heterocycles. The summed E-state index contributed by atoms with van der Waals surface area (Å²) in [5.74, 6) is -9.81. The van der Waals surface area contributed by atoms with E-state index in [1.54, 1.807) is 0 Å². The SMILES string of the molecule is [2H]c1nc([2H])n(C)c1C([2H])([2H])[C@@]1([2H])C([2H])([2H])OC(=O)[C@@]1([2H])C([2H])([2H])C([2H])([2H])[2H]. The smallest absolute Gasteiger partial charge is 0.309 e. The van der Waals surface area contributed by atoms with Crippen molar-refractivity contribution in [3.8, 4) is 0 Å². The van der Waals surface area contributed by atoms with Crippen LogP contribution in [-0.4, -0.2) is 22.1 Å². The van der Waals surface area contributed by atoms with E-state index < -0.39 is 62.1 Å². The number of hydrogen-bond donors (Lipinski definition) is 0. The Morgan fingerprint density at radius 2 is 2.93 bits per heavy atom. The number of esters is 1. The molecular formula is C11H16N2O2. The fourth-order valence-corrected chi connectivity index (χ4v) is 1.01. The van der Waals surface area contributed by atoms with E-state index in [1.165, 1.54) is 0 Å². The van der Waals surface area contributed by atoms with Crippen molar-refractivity contribution in [3.05, 3.63) is 18.2 Å². The molecule has 1 aromatic heterocycles. The molecule has 1 aliphatic rings. The molecule has 0 radical (unpaired) electrons. The minimum Gasteiger partial charge on any atom is -0.465 e. The lowest BCUT2D eigenvalue weighted by atomic mass is 9.89. The summed E-state index contributed by atoms with van der Waals surface area (Å²) in [6.45, 7) is -7.39. The monoisotopic (exact) mass is 221 g/mol. The largest absolute Gasteiger partial charge is 0.465 e. The summed E-state index contributed by atoms with van der Waals surface area (Å²) < 4.78 is 107. The van der Waals surface area contributed by atoms with E-state index in [4.69, 9.17) is 17.8 Å². The Kier molecular flexibility index (Phi) is 0.774. The number of carbonyl (C=O) groups is 1. The van der Waals surface area contributed by atoms with Gasteiger partial charge in [0, 0.05) is 37.1 Å². The molecule has 0 unspecified atom stereocenters. The molecule has 1 fully saturated rings. The molecule has 15 heavy (non-hydrogen) atoms. The molecule has 2 rings (SSSR count). The van der Waals surface area contributed by atoms with Gasteiger partial charge in [0.2, 0.25) is 0 Å². The number of ether oxygens (including phenoxy) is 1. The number of carbonyl (C=O) groups excluding carboxylic acids is 1. The zero-order valence-electron chi connectivity index (χ0n) is 20.7. The predicted octanol–water partition coefficient (Wildman–Crippen LogP) is 1.16. The molecule has 82 valence electrons. The van der Waals surface area contributed by atoms with Gasteiger partial charge in [0.1, 0.15) is 1.37 Å². The van der Waals surface area contributed by atoms with Crippen molar-refractivity contribution in [2.24, 2.45) is 18.8 Å². The fourth-order valence-electron chi connectivity index (χ4n) is 1.01. The van der Waals surface area contributed by atoms with Crippen LogP contribution in [0.4, 0.5) is 0 Å². The summed E-state index contributed by atoms with van der Waals surface area (Å²) in [5, 5.41) is 0. The Labute approximate surface area is 108 Å². The normalized spacial score (nSPS) is 54.2. The van der Waals surface area contributed by atoms with Gasteiger partial charge in [-0.3, -0.25) is 4.79 Å². The molecule has 2 heterocycles. The van der Waals surface area contributed by atoms with Crippen molar-refractivity contribution in [2.45, 2.75) is 19.6 Å². The van der Waals surface area contributed by atoms with Crippen LogP contribution >= 0.6 is 0 Å². The molecule has 1 aliphatic heterocycles. The van der Waals surface area contributed by atoms with Gasteiger partial charge in [-0.05, 0) is 12.7 Å². The van der Waals surface area contributed by atoms with E-state index in [9.17, 15) is 4.79 Å². The maximum absolute atomic E-state index is 12.3. The van der Waals surface area contributed by atoms with Gasteiger partial charge in [-0.2, -0.15) is 0 Å². The molecule has 0 saturated carbocycles. The van der Waals surface area contributed by atoms with Crippen LogP contribution in [0.2, 0.25) is 0 Å². The average molecular weight is 221 g/mol. The van der Waals surface area contributed by atoms with Crippen LogP contribution in [0.1, 0.15) is 36.7 Å². The van der Waals surface area contributed by atoms with Gasteiger partial charge >= 0.3 is 5.97 Å². The first-order chi connectivity index (χ1) is 12.2. The molecule has 0 N–H and O–H groups in total. The number of hydrogen-bond acceptors (Lipinski definition) is 3. The van der Waals surface area contributed by atoms with Crippen molar-refractivity contribution in [2.75, 3.05) is 6.56 Å². The van der Waals surface area contributed by atoms with E-state index in [2.05, 4.69) is 9.72 Å². The topological polar surface area (TPSA) is 44.1 Å². The highest BCUT2D eigenvalue weighted by Crippen LogP contribution is 2.27. The van der Waals surface area contributed by atoms with Crippen LogP contribution in [0.25, 0.3) is 0 Å². The molecular weight excluding hydrogens is 192 g/mol. The third-order valence-corrected chi connectivity index (χ3v) is 1.77.